The normalized spacial score (nSPS) is 17.6. The Kier molecular flexibility index (Phi) is 7.72. The van der Waals surface area contributed by atoms with Crippen molar-refractivity contribution < 1.29 is 57.6 Å². The van der Waals surface area contributed by atoms with Crippen molar-refractivity contribution in [3.63, 3.8) is 0 Å². The van der Waals surface area contributed by atoms with E-state index in [1.807, 2.05) is 0 Å². The van der Waals surface area contributed by atoms with Crippen LogP contribution < -0.4 is 10.8 Å². The highest BCUT2D eigenvalue weighted by molar-refractivity contribution is 7.89. The van der Waals surface area contributed by atoms with E-state index in [-0.39, 0.29) is 31.2 Å². The number of alkyl halides is 9. The van der Waals surface area contributed by atoms with Crippen LogP contribution >= 0.6 is 0 Å². The summed E-state index contributed by atoms with van der Waals surface area (Å²) >= 11 is 0. The molecule has 2 aromatic rings. The van der Waals surface area contributed by atoms with Gasteiger partial charge in [-0.3, -0.25) is 4.84 Å². The second kappa shape index (κ2) is 10.0. The van der Waals surface area contributed by atoms with Gasteiger partial charge < -0.3 is 5.32 Å². The first kappa shape index (κ1) is 28.5. The van der Waals surface area contributed by atoms with Gasteiger partial charge in [-0.1, -0.05) is 6.07 Å². The standard InChI is InChI=1S/C20H16F9N3O4S/c21-18(22,23)11-2-1-3-16(9-11)37(34,35)32-5-4-15(10-32)36-31-17(33)30-14-7-12(19(24,25)26)6-13(8-14)20(27,28)29/h1-3,6-9,15H,4-5,10H2,(H2,30,31,33)/t15-/m0/s1. The molecular formula is C20H16F9N3O4S. The van der Waals surface area contributed by atoms with Gasteiger partial charge in [-0.2, -0.15) is 43.8 Å². The predicted octanol–water partition coefficient (Wildman–Crippen LogP) is 5.26. The Morgan fingerprint density at radius 2 is 1.43 bits per heavy atom. The average molecular weight is 565 g/mol. The summed E-state index contributed by atoms with van der Waals surface area (Å²) in [4.78, 5) is 16.3. The predicted molar refractivity (Wildman–Crippen MR) is 108 cm³/mol. The minimum Gasteiger partial charge on any atom is -0.306 e. The lowest BCUT2D eigenvalue weighted by molar-refractivity contribution is -0.143. The second-order valence-corrected chi connectivity index (χ2v) is 9.71. The van der Waals surface area contributed by atoms with Crippen LogP contribution in [0.25, 0.3) is 0 Å². The van der Waals surface area contributed by atoms with E-state index < -0.39 is 74.5 Å². The zero-order valence-corrected chi connectivity index (χ0v) is 18.9. The van der Waals surface area contributed by atoms with E-state index in [2.05, 4.69) is 0 Å². The summed E-state index contributed by atoms with van der Waals surface area (Å²) in [5, 5.41) is 1.77. The average Bonchev–Trinajstić information content (AvgIpc) is 3.26. The van der Waals surface area contributed by atoms with E-state index in [9.17, 15) is 52.7 Å². The van der Waals surface area contributed by atoms with E-state index in [4.69, 9.17) is 4.84 Å². The maximum atomic E-state index is 12.9. The van der Waals surface area contributed by atoms with E-state index in [1.165, 1.54) is 0 Å². The fourth-order valence-electron chi connectivity index (χ4n) is 3.31. The number of nitrogens with one attached hydrogen (secondary N) is 2. The monoisotopic (exact) mass is 565 g/mol. The summed E-state index contributed by atoms with van der Waals surface area (Å²) in [5.74, 6) is 0. The number of hydroxylamine groups is 1. The van der Waals surface area contributed by atoms with Crippen LogP contribution in [0.1, 0.15) is 23.1 Å². The number of carbonyl (C=O) groups is 1. The first-order chi connectivity index (χ1) is 16.9. The third-order valence-corrected chi connectivity index (χ3v) is 6.93. The van der Waals surface area contributed by atoms with Crippen molar-refractivity contribution in [3.05, 3.63) is 59.2 Å². The van der Waals surface area contributed by atoms with Crippen molar-refractivity contribution in [3.8, 4) is 0 Å². The van der Waals surface area contributed by atoms with Crippen LogP contribution in [-0.4, -0.2) is 37.9 Å². The van der Waals surface area contributed by atoms with Gasteiger partial charge in [0.05, 0.1) is 21.6 Å². The molecule has 1 aliphatic rings. The van der Waals surface area contributed by atoms with Crippen LogP contribution in [-0.2, 0) is 33.4 Å². The minimum atomic E-state index is -5.14. The van der Waals surface area contributed by atoms with Gasteiger partial charge in [-0.25, -0.2) is 18.7 Å². The molecule has 204 valence electrons. The van der Waals surface area contributed by atoms with Gasteiger partial charge in [0.15, 0.2) is 0 Å². The van der Waals surface area contributed by atoms with Crippen molar-refractivity contribution >= 4 is 21.7 Å². The summed E-state index contributed by atoms with van der Waals surface area (Å²) in [7, 11) is -4.37. The molecule has 1 fully saturated rings. The molecule has 1 aliphatic heterocycles. The Bertz CT molecular complexity index is 1230. The Labute approximate surface area is 203 Å². The molecule has 3 rings (SSSR count). The van der Waals surface area contributed by atoms with Gasteiger partial charge >= 0.3 is 24.6 Å². The second-order valence-electron chi connectivity index (χ2n) is 7.77. The van der Waals surface area contributed by atoms with Crippen molar-refractivity contribution in [1.82, 2.24) is 9.79 Å². The van der Waals surface area contributed by atoms with Crippen molar-refractivity contribution in [2.24, 2.45) is 0 Å². The third-order valence-electron chi connectivity index (χ3n) is 5.07. The molecule has 37 heavy (non-hydrogen) atoms. The SMILES string of the molecule is O=C(NO[C@H]1CCN(S(=O)(=O)c2cccc(C(F)(F)F)c2)C1)Nc1cc(C(F)(F)F)cc(C(F)(F)F)c1. The van der Waals surface area contributed by atoms with Crippen molar-refractivity contribution in [2.75, 3.05) is 18.4 Å². The molecule has 1 heterocycles. The summed E-state index contributed by atoms with van der Waals surface area (Å²) < 4.78 is 142. The number of carbonyl (C=O) groups excluding carboxylic acids is 1. The quantitative estimate of drug-likeness (QED) is 0.383. The molecule has 0 spiro atoms. The Morgan fingerprint density at radius 1 is 0.865 bits per heavy atom. The lowest BCUT2D eigenvalue weighted by atomic mass is 10.1. The summed E-state index contributed by atoms with van der Waals surface area (Å²) in [6.07, 6.45) is -16.1. The Morgan fingerprint density at radius 3 is 1.97 bits per heavy atom. The maximum Gasteiger partial charge on any atom is 0.416 e. The Balaban J connectivity index is 1.63. The highest BCUT2D eigenvalue weighted by Crippen LogP contribution is 2.37. The first-order valence-corrected chi connectivity index (χ1v) is 11.5. The largest absolute Gasteiger partial charge is 0.416 e. The number of sulfonamides is 1. The van der Waals surface area contributed by atoms with Crippen molar-refractivity contribution in [1.29, 1.82) is 0 Å². The number of urea groups is 1. The number of nitrogens with zero attached hydrogens (tertiary/aromatic N) is 1. The molecule has 0 aromatic heterocycles. The smallest absolute Gasteiger partial charge is 0.306 e. The van der Waals surface area contributed by atoms with Crippen LogP contribution in [0.15, 0.2) is 47.4 Å². The molecule has 17 heteroatoms. The molecule has 2 N–H and O–H groups in total. The van der Waals surface area contributed by atoms with E-state index in [0.29, 0.717) is 12.1 Å². The number of anilines is 1. The number of hydrogen-bond donors (Lipinski definition) is 2. The highest BCUT2D eigenvalue weighted by atomic mass is 32.2. The van der Waals surface area contributed by atoms with Crippen LogP contribution in [0.5, 0.6) is 0 Å². The molecule has 2 amide bonds. The maximum absolute atomic E-state index is 12.9. The molecule has 7 nitrogen and oxygen atoms in total. The summed E-state index contributed by atoms with van der Waals surface area (Å²) in [6.45, 7) is -0.601. The van der Waals surface area contributed by atoms with Gasteiger partial charge in [-0.05, 0) is 42.8 Å². The molecule has 1 saturated heterocycles. The molecule has 0 unspecified atom stereocenters. The number of rotatable bonds is 5. The number of hydrogen-bond acceptors (Lipinski definition) is 4. The molecule has 0 aliphatic carbocycles. The van der Waals surface area contributed by atoms with E-state index in [0.717, 1.165) is 16.4 Å². The van der Waals surface area contributed by atoms with Gasteiger partial charge in [-0.15, -0.1) is 0 Å². The Hall–Kier alpha value is -3.05. The number of benzene rings is 2. The van der Waals surface area contributed by atoms with Crippen LogP contribution in [0.3, 0.4) is 0 Å². The van der Waals surface area contributed by atoms with Crippen molar-refractivity contribution in [2.45, 2.75) is 35.9 Å². The fourth-order valence-corrected chi connectivity index (χ4v) is 4.85. The number of halogens is 9. The lowest BCUT2D eigenvalue weighted by Gasteiger charge is -2.18. The van der Waals surface area contributed by atoms with Gasteiger partial charge in [0.2, 0.25) is 10.0 Å². The van der Waals surface area contributed by atoms with Crippen LogP contribution in [0.4, 0.5) is 50.0 Å². The van der Waals surface area contributed by atoms with E-state index >= 15 is 0 Å². The van der Waals surface area contributed by atoms with Gasteiger partial charge in [0.1, 0.15) is 6.10 Å². The van der Waals surface area contributed by atoms with Gasteiger partial charge in [0.25, 0.3) is 0 Å². The first-order valence-electron chi connectivity index (χ1n) is 10.1. The highest BCUT2D eigenvalue weighted by Gasteiger charge is 2.38. The summed E-state index contributed by atoms with van der Waals surface area (Å²) in [5.41, 5.74) is -3.60. The zero-order chi connectivity index (χ0) is 27.8. The summed E-state index contributed by atoms with van der Waals surface area (Å²) in [6, 6.07) is 2.10. The topological polar surface area (TPSA) is 87.7 Å². The molecular weight excluding hydrogens is 549 g/mol. The van der Waals surface area contributed by atoms with E-state index in [1.54, 1.807) is 10.8 Å². The molecule has 0 bridgehead atoms. The lowest BCUT2D eigenvalue weighted by Crippen LogP contribution is -2.36. The molecule has 2 aromatic carbocycles. The molecule has 1 atom stereocenters. The van der Waals surface area contributed by atoms with Crippen LogP contribution in [0, 0.1) is 0 Å². The zero-order valence-electron chi connectivity index (χ0n) is 18.1. The molecule has 0 radical (unpaired) electrons. The number of amides is 2. The van der Waals surface area contributed by atoms with Crippen LogP contribution in [0.2, 0.25) is 0 Å². The third kappa shape index (κ3) is 7.04. The fraction of sp³-hybridized carbons (Fsp3) is 0.350. The minimum absolute atomic E-state index is 0.0275. The van der Waals surface area contributed by atoms with Gasteiger partial charge in [0, 0.05) is 18.8 Å². The molecule has 0 saturated carbocycles.